The Balaban J connectivity index is 1.21. The van der Waals surface area contributed by atoms with Gasteiger partial charge in [0.25, 0.3) is 11.8 Å². The number of nitrogens with one attached hydrogen (secondary N) is 2. The summed E-state index contributed by atoms with van der Waals surface area (Å²) >= 11 is 3.16. The van der Waals surface area contributed by atoms with E-state index in [1.165, 1.54) is 11.8 Å². The van der Waals surface area contributed by atoms with Crippen molar-refractivity contribution in [2.24, 2.45) is 0 Å². The van der Waals surface area contributed by atoms with Gasteiger partial charge in [-0.25, -0.2) is 4.98 Å². The molecule has 3 aromatic rings. The average molecular weight is 494 g/mol. The van der Waals surface area contributed by atoms with Gasteiger partial charge in [0.1, 0.15) is 0 Å². The summed E-state index contributed by atoms with van der Waals surface area (Å²) in [5.41, 5.74) is 1.81. The molecule has 0 atom stereocenters. The SMILES string of the molecule is CN(C)C1CCN(c2ncc(CNC(=O)c3ccc4c(c3)NC(=O)c3ccccc3S4)s2)CC1. The first-order chi connectivity index (χ1) is 16.5. The first-order valence-corrected chi connectivity index (χ1v) is 13.0. The molecule has 2 N–H and O–H groups in total. The summed E-state index contributed by atoms with van der Waals surface area (Å²) in [6.45, 7) is 2.43. The molecule has 0 saturated carbocycles. The molecule has 0 spiro atoms. The second-order valence-electron chi connectivity index (χ2n) is 8.74. The molecule has 9 heteroatoms. The molecule has 5 rings (SSSR count). The van der Waals surface area contributed by atoms with E-state index in [9.17, 15) is 9.59 Å². The van der Waals surface area contributed by atoms with Crippen LogP contribution in [0.1, 0.15) is 38.4 Å². The number of fused-ring (bicyclic) bond motifs is 2. The second kappa shape index (κ2) is 9.77. The molecule has 3 heterocycles. The Morgan fingerprint density at radius 2 is 1.97 bits per heavy atom. The summed E-state index contributed by atoms with van der Waals surface area (Å²) in [6, 6.07) is 13.6. The van der Waals surface area contributed by atoms with Gasteiger partial charge in [-0.2, -0.15) is 0 Å². The molecule has 2 aliphatic rings. The van der Waals surface area contributed by atoms with Crippen LogP contribution in [0, 0.1) is 0 Å². The molecule has 1 aromatic heterocycles. The number of hydrogen-bond donors (Lipinski definition) is 2. The van der Waals surface area contributed by atoms with E-state index in [1.54, 1.807) is 23.5 Å². The molecule has 0 aliphatic carbocycles. The highest BCUT2D eigenvalue weighted by Crippen LogP contribution is 2.39. The number of nitrogens with zero attached hydrogens (tertiary/aromatic N) is 3. The summed E-state index contributed by atoms with van der Waals surface area (Å²) < 4.78 is 0. The fourth-order valence-corrected chi connectivity index (χ4v) is 6.19. The zero-order valence-corrected chi connectivity index (χ0v) is 20.8. The van der Waals surface area contributed by atoms with Crippen molar-refractivity contribution < 1.29 is 9.59 Å². The lowest BCUT2D eigenvalue weighted by atomic mass is 10.0. The van der Waals surface area contributed by atoms with E-state index in [4.69, 9.17) is 0 Å². The lowest BCUT2D eigenvalue weighted by Gasteiger charge is -2.35. The van der Waals surface area contributed by atoms with Gasteiger partial charge in [-0.15, -0.1) is 11.3 Å². The van der Waals surface area contributed by atoms with Gasteiger partial charge in [-0.3, -0.25) is 9.59 Å². The highest BCUT2D eigenvalue weighted by atomic mass is 32.2. The summed E-state index contributed by atoms with van der Waals surface area (Å²) in [5.74, 6) is -0.336. The van der Waals surface area contributed by atoms with Gasteiger partial charge in [0.15, 0.2) is 5.13 Å². The minimum absolute atomic E-state index is 0.161. The van der Waals surface area contributed by atoms with Gasteiger partial charge in [0, 0.05) is 45.6 Å². The Morgan fingerprint density at radius 1 is 1.18 bits per heavy atom. The second-order valence-corrected chi connectivity index (χ2v) is 10.9. The Labute approximate surface area is 207 Å². The monoisotopic (exact) mass is 493 g/mol. The molecule has 0 radical (unpaired) electrons. The average Bonchev–Trinajstić information content (AvgIpc) is 3.27. The number of benzene rings is 2. The highest BCUT2D eigenvalue weighted by molar-refractivity contribution is 7.99. The number of piperidine rings is 1. The number of rotatable bonds is 5. The number of carbonyl (C=O) groups excluding carboxylic acids is 2. The van der Waals surface area contributed by atoms with Crippen molar-refractivity contribution in [1.82, 2.24) is 15.2 Å². The summed E-state index contributed by atoms with van der Waals surface area (Å²) in [5, 5.41) is 6.95. The maximum absolute atomic E-state index is 12.8. The molecule has 2 aromatic carbocycles. The molecule has 176 valence electrons. The minimum atomic E-state index is -0.175. The fraction of sp³-hybridized carbons (Fsp3) is 0.320. The first kappa shape index (κ1) is 22.9. The van der Waals surface area contributed by atoms with Crippen LogP contribution in [0.15, 0.2) is 58.5 Å². The number of aromatic nitrogens is 1. The Kier molecular flexibility index (Phi) is 6.58. The lowest BCUT2D eigenvalue weighted by molar-refractivity contribution is 0.0949. The number of carbonyl (C=O) groups is 2. The van der Waals surface area contributed by atoms with Gasteiger partial charge in [-0.1, -0.05) is 23.9 Å². The third-order valence-corrected chi connectivity index (χ3v) is 8.48. The third kappa shape index (κ3) is 4.82. The molecular formula is C25H27N5O2S2. The fourth-order valence-electron chi connectivity index (χ4n) is 4.28. The van der Waals surface area contributed by atoms with Crippen LogP contribution < -0.4 is 15.5 Å². The van der Waals surface area contributed by atoms with E-state index in [0.29, 0.717) is 29.4 Å². The molecule has 0 unspecified atom stereocenters. The van der Waals surface area contributed by atoms with Crippen molar-refractivity contribution in [1.29, 1.82) is 0 Å². The van der Waals surface area contributed by atoms with Crippen molar-refractivity contribution in [3.8, 4) is 0 Å². The van der Waals surface area contributed by atoms with Crippen molar-refractivity contribution in [3.63, 3.8) is 0 Å². The van der Waals surface area contributed by atoms with Gasteiger partial charge >= 0.3 is 0 Å². The zero-order valence-electron chi connectivity index (χ0n) is 19.2. The van der Waals surface area contributed by atoms with Crippen LogP contribution in [0.3, 0.4) is 0 Å². The maximum Gasteiger partial charge on any atom is 0.256 e. The molecular weight excluding hydrogens is 466 g/mol. The smallest absolute Gasteiger partial charge is 0.256 e. The van der Waals surface area contributed by atoms with Crippen LogP contribution in [0.25, 0.3) is 0 Å². The molecule has 7 nitrogen and oxygen atoms in total. The van der Waals surface area contributed by atoms with E-state index in [-0.39, 0.29) is 11.8 Å². The molecule has 2 amide bonds. The summed E-state index contributed by atoms with van der Waals surface area (Å²) in [7, 11) is 4.28. The van der Waals surface area contributed by atoms with E-state index in [2.05, 4.69) is 39.5 Å². The summed E-state index contributed by atoms with van der Waals surface area (Å²) in [4.78, 5) is 37.5. The van der Waals surface area contributed by atoms with Gasteiger partial charge in [0.2, 0.25) is 0 Å². The summed E-state index contributed by atoms with van der Waals surface area (Å²) in [6.07, 6.45) is 4.12. The molecule has 34 heavy (non-hydrogen) atoms. The van der Waals surface area contributed by atoms with Crippen LogP contribution in [-0.4, -0.2) is 54.9 Å². The third-order valence-electron chi connectivity index (χ3n) is 6.27. The van der Waals surface area contributed by atoms with Crippen molar-refractivity contribution in [2.45, 2.75) is 35.2 Å². The van der Waals surface area contributed by atoms with Crippen molar-refractivity contribution >= 4 is 45.7 Å². The lowest BCUT2D eigenvalue weighted by Crippen LogP contribution is -2.41. The number of hydrogen-bond acceptors (Lipinski definition) is 7. The van der Waals surface area contributed by atoms with E-state index in [0.717, 1.165) is 45.7 Å². The maximum atomic E-state index is 12.8. The Bertz CT molecular complexity index is 1220. The highest BCUT2D eigenvalue weighted by Gasteiger charge is 2.23. The Morgan fingerprint density at radius 3 is 2.76 bits per heavy atom. The molecule has 2 aliphatic heterocycles. The van der Waals surface area contributed by atoms with Crippen molar-refractivity contribution in [3.05, 3.63) is 64.7 Å². The van der Waals surface area contributed by atoms with Gasteiger partial charge < -0.3 is 20.4 Å². The first-order valence-electron chi connectivity index (χ1n) is 11.3. The predicted octanol–water partition coefficient (Wildman–Crippen LogP) is 4.32. The largest absolute Gasteiger partial charge is 0.348 e. The van der Waals surface area contributed by atoms with Crippen LogP contribution >= 0.6 is 23.1 Å². The molecule has 1 saturated heterocycles. The van der Waals surface area contributed by atoms with Crippen LogP contribution in [0.4, 0.5) is 10.8 Å². The van der Waals surface area contributed by atoms with Crippen LogP contribution in [-0.2, 0) is 6.54 Å². The predicted molar refractivity (Wildman–Crippen MR) is 137 cm³/mol. The number of anilines is 2. The quantitative estimate of drug-likeness (QED) is 0.551. The van der Waals surface area contributed by atoms with Crippen molar-refractivity contribution in [2.75, 3.05) is 37.4 Å². The standard InChI is InChI=1S/C25H27N5O2S2/c1-29(2)17-9-11-30(12-10-17)25-27-15-18(33-25)14-26-23(31)16-7-8-22-20(13-16)28-24(32)19-5-3-4-6-21(19)34-22/h3-8,13,15,17H,9-12,14H2,1-2H3,(H,26,31)(H,28,32). The topological polar surface area (TPSA) is 77.6 Å². The molecule has 0 bridgehead atoms. The van der Waals surface area contributed by atoms with E-state index in [1.807, 2.05) is 36.5 Å². The van der Waals surface area contributed by atoms with E-state index < -0.39 is 0 Å². The normalized spacial score (nSPS) is 16.0. The zero-order chi connectivity index (χ0) is 23.7. The molecule has 1 fully saturated rings. The van der Waals surface area contributed by atoms with Gasteiger partial charge in [0.05, 0.1) is 17.8 Å². The number of thiazole rings is 1. The van der Waals surface area contributed by atoms with Crippen LogP contribution in [0.2, 0.25) is 0 Å². The minimum Gasteiger partial charge on any atom is -0.348 e. The van der Waals surface area contributed by atoms with Crippen LogP contribution in [0.5, 0.6) is 0 Å². The number of amides is 2. The Hall–Kier alpha value is -2.88. The van der Waals surface area contributed by atoms with Gasteiger partial charge in [-0.05, 0) is 57.3 Å². The van der Waals surface area contributed by atoms with E-state index >= 15 is 0 Å².